The molecule has 0 aliphatic heterocycles. The van der Waals surface area contributed by atoms with Gasteiger partial charge in [0.1, 0.15) is 0 Å². The molecule has 0 bridgehead atoms. The van der Waals surface area contributed by atoms with Crippen LogP contribution in [-0.4, -0.2) is 10.4 Å². The number of quaternary nitrogens is 1. The van der Waals surface area contributed by atoms with Gasteiger partial charge in [-0.25, -0.2) is 0 Å². The summed E-state index contributed by atoms with van der Waals surface area (Å²) in [6, 6.07) is 6.44. The molecule has 0 aliphatic carbocycles. The number of hydrogen-bond acceptors (Lipinski definition) is 4. The van der Waals surface area contributed by atoms with Crippen molar-refractivity contribution in [3.63, 3.8) is 0 Å². The fourth-order valence-corrected chi connectivity index (χ4v) is 1.52. The molecular weight excluding hydrogens is 202 g/mol. The Bertz CT molecular complexity index is 313. The Morgan fingerprint density at radius 2 is 2.07 bits per heavy atom. The van der Waals surface area contributed by atoms with E-state index in [0.29, 0.717) is 0 Å². The van der Waals surface area contributed by atoms with Crippen molar-refractivity contribution in [2.75, 3.05) is 0 Å². The van der Waals surface area contributed by atoms with Gasteiger partial charge in [-0.3, -0.25) is 15.8 Å². The van der Waals surface area contributed by atoms with E-state index in [9.17, 15) is 10.1 Å². The lowest BCUT2D eigenvalue weighted by molar-refractivity contribution is -0.384. The number of rotatable bonds is 4. The highest BCUT2D eigenvalue weighted by Gasteiger charge is 2.05. The Labute approximate surface area is 85.6 Å². The molecule has 0 aromatic heterocycles. The van der Waals surface area contributed by atoms with Crippen molar-refractivity contribution in [2.24, 2.45) is 5.73 Å². The first-order valence-electron chi connectivity index (χ1n) is 4.03. The average Bonchev–Trinajstić information content (AvgIpc) is 2.15. The Morgan fingerprint density at radius 1 is 1.50 bits per heavy atom. The number of thioether (sulfide) groups is 1. The summed E-state index contributed by atoms with van der Waals surface area (Å²) in [4.78, 5) is 9.94. The van der Waals surface area contributed by atoms with Crippen molar-refractivity contribution in [2.45, 2.75) is 11.3 Å². The summed E-state index contributed by atoms with van der Waals surface area (Å²) in [5, 5.41) is 10.3. The molecule has 1 atom stereocenters. The molecule has 14 heavy (non-hydrogen) atoms. The van der Waals surface area contributed by atoms with Crippen LogP contribution in [0.4, 0.5) is 5.69 Å². The van der Waals surface area contributed by atoms with Crippen LogP contribution >= 0.6 is 11.8 Å². The van der Waals surface area contributed by atoms with Crippen LogP contribution in [0.25, 0.3) is 0 Å². The van der Waals surface area contributed by atoms with Gasteiger partial charge in [0.25, 0.3) is 5.69 Å². The number of nitro groups is 1. The van der Waals surface area contributed by atoms with Crippen LogP contribution in [0, 0.1) is 10.1 Å². The molecule has 6 heteroatoms. The number of hydrogen-bond donors (Lipinski definition) is 2. The summed E-state index contributed by atoms with van der Waals surface area (Å²) in [5.41, 5.74) is 10.1. The number of benzene rings is 1. The minimum absolute atomic E-state index is 0.109. The van der Waals surface area contributed by atoms with E-state index in [1.807, 2.05) is 0 Å². The molecule has 0 saturated carbocycles. The van der Waals surface area contributed by atoms with Gasteiger partial charge in [-0.05, 0) is 5.56 Å². The molecule has 0 heterocycles. The summed E-state index contributed by atoms with van der Waals surface area (Å²) >= 11 is 1.50. The molecule has 0 fully saturated rings. The summed E-state index contributed by atoms with van der Waals surface area (Å²) in [6.07, 6.45) is 0. The van der Waals surface area contributed by atoms with E-state index >= 15 is 0 Å². The third-order valence-corrected chi connectivity index (χ3v) is 2.54. The molecule has 0 aliphatic rings. The molecule has 76 valence electrons. The van der Waals surface area contributed by atoms with Gasteiger partial charge in [0.2, 0.25) is 0 Å². The van der Waals surface area contributed by atoms with Gasteiger partial charge in [0.15, 0.2) is 5.50 Å². The third kappa shape index (κ3) is 3.33. The molecule has 0 spiro atoms. The first-order valence-corrected chi connectivity index (χ1v) is 5.08. The standard InChI is InChI=1S/C8H11N3O2S/c9-8(10)14-5-6-1-3-7(4-2-6)11(12)13/h1-4,8H,5,9-10H2/p+1. The normalized spacial score (nSPS) is 12.4. The van der Waals surface area contributed by atoms with E-state index in [4.69, 9.17) is 5.73 Å². The highest BCUT2D eigenvalue weighted by Crippen LogP contribution is 2.16. The van der Waals surface area contributed by atoms with Gasteiger partial charge in [-0.1, -0.05) is 23.9 Å². The van der Waals surface area contributed by atoms with Crippen molar-refractivity contribution in [3.8, 4) is 0 Å². The largest absolute Gasteiger partial charge is 0.334 e. The second kappa shape index (κ2) is 4.94. The highest BCUT2D eigenvalue weighted by atomic mass is 32.2. The van der Waals surface area contributed by atoms with Crippen molar-refractivity contribution in [3.05, 3.63) is 39.9 Å². The first-order chi connectivity index (χ1) is 6.59. The lowest BCUT2D eigenvalue weighted by atomic mass is 10.2. The van der Waals surface area contributed by atoms with E-state index in [2.05, 4.69) is 5.73 Å². The Balaban J connectivity index is 2.60. The molecule has 1 aromatic rings. The average molecular weight is 214 g/mol. The maximum absolute atomic E-state index is 10.3. The number of nitrogens with zero attached hydrogens (tertiary/aromatic N) is 1. The van der Waals surface area contributed by atoms with Gasteiger partial charge >= 0.3 is 0 Å². The molecule has 1 unspecified atom stereocenters. The van der Waals surface area contributed by atoms with Crippen LogP contribution in [-0.2, 0) is 5.75 Å². The quantitative estimate of drug-likeness (QED) is 0.428. The van der Waals surface area contributed by atoms with Crippen molar-refractivity contribution in [1.29, 1.82) is 0 Å². The van der Waals surface area contributed by atoms with Crippen LogP contribution in [0.3, 0.4) is 0 Å². The Kier molecular flexibility index (Phi) is 3.87. The van der Waals surface area contributed by atoms with Gasteiger partial charge < -0.3 is 5.73 Å². The predicted molar refractivity (Wildman–Crippen MR) is 55.3 cm³/mol. The zero-order valence-electron chi connectivity index (χ0n) is 7.55. The van der Waals surface area contributed by atoms with Crippen LogP contribution in [0.2, 0.25) is 0 Å². The topological polar surface area (TPSA) is 96.8 Å². The molecule has 1 aromatic carbocycles. The lowest BCUT2D eigenvalue weighted by Crippen LogP contribution is -2.64. The Morgan fingerprint density at radius 3 is 2.50 bits per heavy atom. The summed E-state index contributed by atoms with van der Waals surface area (Å²) in [5.74, 6) is 0.725. The summed E-state index contributed by atoms with van der Waals surface area (Å²) in [7, 11) is 0. The number of nitrogens with two attached hydrogens (primary N) is 1. The van der Waals surface area contributed by atoms with E-state index in [1.165, 1.54) is 23.9 Å². The van der Waals surface area contributed by atoms with Crippen LogP contribution < -0.4 is 11.5 Å². The SMILES string of the molecule is NC([NH3+])SCc1ccc([N+](=O)[O-])cc1. The van der Waals surface area contributed by atoms with Gasteiger partial charge in [-0.2, -0.15) is 0 Å². The molecular formula is C8H12N3O2S+. The summed E-state index contributed by atoms with van der Waals surface area (Å²) < 4.78 is 0. The Hall–Kier alpha value is -1.11. The molecule has 5 nitrogen and oxygen atoms in total. The van der Waals surface area contributed by atoms with Crippen LogP contribution in [0.5, 0.6) is 0 Å². The maximum Gasteiger partial charge on any atom is 0.269 e. The molecule has 5 N–H and O–H groups in total. The number of nitro benzene ring substituents is 1. The van der Waals surface area contributed by atoms with Crippen molar-refractivity contribution < 1.29 is 10.7 Å². The maximum atomic E-state index is 10.3. The summed E-state index contributed by atoms with van der Waals surface area (Å²) in [6.45, 7) is 0. The van der Waals surface area contributed by atoms with E-state index in [0.717, 1.165) is 11.3 Å². The minimum atomic E-state index is -0.413. The minimum Gasteiger partial charge on any atom is -0.334 e. The monoisotopic (exact) mass is 214 g/mol. The zero-order valence-corrected chi connectivity index (χ0v) is 8.37. The fraction of sp³-hybridized carbons (Fsp3) is 0.250. The molecule has 0 amide bonds. The predicted octanol–water partition coefficient (Wildman–Crippen LogP) is 0.312. The van der Waals surface area contributed by atoms with Crippen LogP contribution in [0.1, 0.15) is 5.56 Å². The van der Waals surface area contributed by atoms with Crippen LogP contribution in [0.15, 0.2) is 24.3 Å². The number of non-ortho nitro benzene ring substituents is 1. The fourth-order valence-electron chi connectivity index (χ4n) is 0.917. The second-order valence-electron chi connectivity index (χ2n) is 2.77. The second-order valence-corrected chi connectivity index (χ2v) is 4.00. The van der Waals surface area contributed by atoms with Crippen molar-refractivity contribution >= 4 is 17.4 Å². The first kappa shape index (κ1) is 11.0. The van der Waals surface area contributed by atoms with Gasteiger partial charge in [0, 0.05) is 17.9 Å². The zero-order chi connectivity index (χ0) is 10.6. The highest BCUT2D eigenvalue weighted by molar-refractivity contribution is 7.98. The van der Waals surface area contributed by atoms with Crippen molar-refractivity contribution in [1.82, 2.24) is 0 Å². The van der Waals surface area contributed by atoms with Gasteiger partial charge in [0.05, 0.1) is 4.92 Å². The third-order valence-electron chi connectivity index (χ3n) is 1.61. The smallest absolute Gasteiger partial charge is 0.269 e. The van der Waals surface area contributed by atoms with E-state index in [1.54, 1.807) is 12.1 Å². The lowest BCUT2D eigenvalue weighted by Gasteiger charge is -2.01. The molecule has 0 saturated heterocycles. The molecule has 1 rings (SSSR count). The van der Waals surface area contributed by atoms with Gasteiger partial charge in [-0.15, -0.1) is 0 Å². The molecule has 0 radical (unpaired) electrons. The van der Waals surface area contributed by atoms with E-state index in [-0.39, 0.29) is 11.2 Å². The van der Waals surface area contributed by atoms with E-state index < -0.39 is 4.92 Å².